The lowest BCUT2D eigenvalue weighted by Crippen LogP contribution is -2.49. The standard InChI is InChI=1S/C19H22BrFN2O2/c20-15-1-7-19(8-2-15)25-14-18(24)13-22-9-11-23(12-10-22)17-5-3-16(21)4-6-17/h1-8,18,24H,9-14H2/t18-/m0/s1. The molecule has 4 nitrogen and oxygen atoms in total. The van der Waals surface area contributed by atoms with Gasteiger partial charge in [0.2, 0.25) is 0 Å². The van der Waals surface area contributed by atoms with Crippen LogP contribution in [0, 0.1) is 5.82 Å². The first kappa shape index (κ1) is 18.2. The summed E-state index contributed by atoms with van der Waals surface area (Å²) in [6.45, 7) is 4.34. The Hall–Kier alpha value is -1.63. The zero-order valence-corrected chi connectivity index (χ0v) is 15.5. The van der Waals surface area contributed by atoms with Gasteiger partial charge >= 0.3 is 0 Å². The molecule has 6 heteroatoms. The Morgan fingerprint density at radius 2 is 1.64 bits per heavy atom. The number of nitrogens with zero attached hydrogens (tertiary/aromatic N) is 2. The van der Waals surface area contributed by atoms with Crippen molar-refractivity contribution < 1.29 is 14.2 Å². The molecule has 25 heavy (non-hydrogen) atoms. The summed E-state index contributed by atoms with van der Waals surface area (Å²) in [5.41, 5.74) is 1.04. The van der Waals surface area contributed by atoms with Crippen LogP contribution in [0.15, 0.2) is 53.0 Å². The Morgan fingerprint density at radius 1 is 1.00 bits per heavy atom. The number of aliphatic hydroxyl groups is 1. The number of ether oxygens (including phenoxy) is 1. The third kappa shape index (κ3) is 5.42. The maximum atomic E-state index is 13.0. The van der Waals surface area contributed by atoms with Crippen molar-refractivity contribution in [3.05, 3.63) is 58.8 Å². The minimum atomic E-state index is -0.527. The summed E-state index contributed by atoms with van der Waals surface area (Å²) in [5, 5.41) is 10.2. The SMILES string of the molecule is O[C@H](COc1ccc(Br)cc1)CN1CCN(c2ccc(F)cc2)CC1. The molecule has 3 rings (SSSR count). The normalized spacial score (nSPS) is 16.7. The summed E-state index contributed by atoms with van der Waals surface area (Å²) in [6.07, 6.45) is -0.527. The van der Waals surface area contributed by atoms with Gasteiger partial charge in [0.15, 0.2) is 0 Å². The fourth-order valence-corrected chi connectivity index (χ4v) is 3.18. The number of halogens is 2. The minimum absolute atomic E-state index is 0.212. The maximum Gasteiger partial charge on any atom is 0.123 e. The molecule has 0 bridgehead atoms. The molecule has 0 radical (unpaired) electrons. The molecule has 0 aliphatic carbocycles. The Bertz CT molecular complexity index is 658. The largest absolute Gasteiger partial charge is 0.491 e. The molecule has 1 aliphatic rings. The zero-order valence-electron chi connectivity index (χ0n) is 13.9. The van der Waals surface area contributed by atoms with Crippen LogP contribution < -0.4 is 9.64 Å². The Balaban J connectivity index is 1.40. The Kier molecular flexibility index (Phi) is 6.29. The fourth-order valence-electron chi connectivity index (χ4n) is 2.91. The summed E-state index contributed by atoms with van der Waals surface area (Å²) in [6, 6.07) is 14.2. The molecule has 0 unspecified atom stereocenters. The van der Waals surface area contributed by atoms with Crippen molar-refractivity contribution in [3.63, 3.8) is 0 Å². The first-order valence-electron chi connectivity index (χ1n) is 8.39. The quantitative estimate of drug-likeness (QED) is 0.796. The van der Waals surface area contributed by atoms with Crippen molar-refractivity contribution in [1.29, 1.82) is 0 Å². The highest BCUT2D eigenvalue weighted by Gasteiger charge is 2.19. The second-order valence-electron chi connectivity index (χ2n) is 6.18. The van der Waals surface area contributed by atoms with Crippen molar-refractivity contribution in [2.75, 3.05) is 44.2 Å². The first-order chi connectivity index (χ1) is 12.1. The number of piperazine rings is 1. The first-order valence-corrected chi connectivity index (χ1v) is 9.19. The van der Waals surface area contributed by atoms with Crippen LogP contribution in [0.5, 0.6) is 5.75 Å². The van der Waals surface area contributed by atoms with Gasteiger partial charge < -0.3 is 14.7 Å². The monoisotopic (exact) mass is 408 g/mol. The third-order valence-corrected chi connectivity index (χ3v) is 4.82. The average molecular weight is 409 g/mol. The highest BCUT2D eigenvalue weighted by molar-refractivity contribution is 9.10. The van der Waals surface area contributed by atoms with E-state index in [4.69, 9.17) is 4.74 Å². The average Bonchev–Trinajstić information content (AvgIpc) is 2.63. The van der Waals surface area contributed by atoms with Crippen molar-refractivity contribution in [3.8, 4) is 5.75 Å². The predicted molar refractivity (Wildman–Crippen MR) is 101 cm³/mol. The lowest BCUT2D eigenvalue weighted by molar-refractivity contribution is 0.0663. The van der Waals surface area contributed by atoms with Gasteiger partial charge in [0.25, 0.3) is 0 Å². The van der Waals surface area contributed by atoms with Crippen LogP contribution in [0.3, 0.4) is 0 Å². The number of hydrogen-bond acceptors (Lipinski definition) is 4. The van der Waals surface area contributed by atoms with Crippen molar-refractivity contribution in [2.45, 2.75) is 6.10 Å². The fraction of sp³-hybridized carbons (Fsp3) is 0.368. The molecule has 1 heterocycles. The number of anilines is 1. The van der Waals surface area contributed by atoms with Crippen LogP contribution in [-0.4, -0.2) is 55.4 Å². The van der Waals surface area contributed by atoms with E-state index in [1.807, 2.05) is 36.4 Å². The molecule has 2 aromatic rings. The predicted octanol–water partition coefficient (Wildman–Crippen LogP) is 3.15. The number of rotatable bonds is 6. The van der Waals surface area contributed by atoms with Gasteiger partial charge in [-0.3, -0.25) is 4.90 Å². The van der Waals surface area contributed by atoms with Crippen molar-refractivity contribution in [1.82, 2.24) is 4.90 Å². The number of hydrogen-bond donors (Lipinski definition) is 1. The summed E-state index contributed by atoms with van der Waals surface area (Å²) in [4.78, 5) is 4.47. The lowest BCUT2D eigenvalue weighted by atomic mass is 10.2. The molecule has 2 aromatic carbocycles. The molecular weight excluding hydrogens is 387 g/mol. The molecule has 0 amide bonds. The van der Waals surface area contributed by atoms with Crippen LogP contribution in [0.1, 0.15) is 0 Å². The van der Waals surface area contributed by atoms with Gasteiger partial charge in [-0.05, 0) is 48.5 Å². The molecule has 1 saturated heterocycles. The van der Waals surface area contributed by atoms with Gasteiger partial charge in [-0.1, -0.05) is 15.9 Å². The van der Waals surface area contributed by atoms with Crippen LogP contribution >= 0.6 is 15.9 Å². The van der Waals surface area contributed by atoms with Gasteiger partial charge in [-0.25, -0.2) is 4.39 Å². The van der Waals surface area contributed by atoms with Crippen molar-refractivity contribution >= 4 is 21.6 Å². The molecule has 0 aromatic heterocycles. The zero-order chi connectivity index (χ0) is 17.6. The molecule has 0 spiro atoms. The maximum absolute atomic E-state index is 13.0. The van der Waals surface area contributed by atoms with Crippen molar-refractivity contribution in [2.24, 2.45) is 0 Å². The second kappa shape index (κ2) is 8.65. The van der Waals surface area contributed by atoms with Gasteiger partial charge in [-0.2, -0.15) is 0 Å². The van der Waals surface area contributed by atoms with Crippen LogP contribution in [0.25, 0.3) is 0 Å². The smallest absolute Gasteiger partial charge is 0.123 e. The molecule has 134 valence electrons. The van der Waals surface area contributed by atoms with Crippen LogP contribution in [0.2, 0.25) is 0 Å². The summed E-state index contributed by atoms with van der Waals surface area (Å²) < 4.78 is 19.6. The minimum Gasteiger partial charge on any atom is -0.491 e. The highest BCUT2D eigenvalue weighted by atomic mass is 79.9. The number of β-amino-alcohol motifs (C(OH)–C–C–N with tert-alkyl or cyclic N) is 1. The topological polar surface area (TPSA) is 35.9 Å². The molecule has 1 aliphatic heterocycles. The Labute approximate surface area is 155 Å². The van der Waals surface area contributed by atoms with Gasteiger partial charge in [0.05, 0.1) is 0 Å². The van der Waals surface area contributed by atoms with E-state index in [2.05, 4.69) is 25.7 Å². The van der Waals surface area contributed by atoms with E-state index in [9.17, 15) is 9.50 Å². The lowest BCUT2D eigenvalue weighted by Gasteiger charge is -2.36. The van der Waals surface area contributed by atoms with E-state index in [-0.39, 0.29) is 12.4 Å². The van der Waals surface area contributed by atoms with E-state index in [0.29, 0.717) is 6.54 Å². The highest BCUT2D eigenvalue weighted by Crippen LogP contribution is 2.18. The van der Waals surface area contributed by atoms with E-state index < -0.39 is 6.10 Å². The second-order valence-corrected chi connectivity index (χ2v) is 7.10. The molecular formula is C19H22BrFN2O2. The summed E-state index contributed by atoms with van der Waals surface area (Å²) in [7, 11) is 0. The molecule has 0 saturated carbocycles. The van der Waals surface area contributed by atoms with Gasteiger partial charge in [0.1, 0.15) is 24.3 Å². The van der Waals surface area contributed by atoms with Gasteiger partial charge in [-0.15, -0.1) is 0 Å². The third-order valence-electron chi connectivity index (χ3n) is 4.29. The number of aliphatic hydroxyl groups excluding tert-OH is 1. The van der Waals surface area contributed by atoms with E-state index in [0.717, 1.165) is 42.1 Å². The van der Waals surface area contributed by atoms with E-state index >= 15 is 0 Å². The summed E-state index contributed by atoms with van der Waals surface area (Å²) in [5.74, 6) is 0.541. The van der Waals surface area contributed by atoms with E-state index in [1.165, 1.54) is 12.1 Å². The molecule has 1 fully saturated rings. The van der Waals surface area contributed by atoms with Crippen LogP contribution in [0.4, 0.5) is 10.1 Å². The molecule has 1 N–H and O–H groups in total. The Morgan fingerprint density at radius 3 is 2.28 bits per heavy atom. The van der Waals surface area contributed by atoms with Crippen LogP contribution in [-0.2, 0) is 0 Å². The number of benzene rings is 2. The summed E-state index contributed by atoms with van der Waals surface area (Å²) >= 11 is 3.38. The van der Waals surface area contributed by atoms with Gasteiger partial charge in [0, 0.05) is 42.9 Å². The molecule has 1 atom stereocenters. The van der Waals surface area contributed by atoms with E-state index in [1.54, 1.807) is 0 Å².